The molecule has 1 aromatic carbocycles. The van der Waals surface area contributed by atoms with Crippen molar-refractivity contribution in [3.63, 3.8) is 0 Å². The van der Waals surface area contributed by atoms with E-state index in [0.717, 1.165) is 24.0 Å². The number of hydrogen-bond acceptors (Lipinski definition) is 3. The molecule has 0 amide bonds. The van der Waals surface area contributed by atoms with Gasteiger partial charge in [-0.1, -0.05) is 35.0 Å². The Hall–Kier alpha value is -0.420. The van der Waals surface area contributed by atoms with Crippen LogP contribution >= 0.6 is 15.9 Å². The molecule has 4 heteroatoms. The van der Waals surface area contributed by atoms with Gasteiger partial charge in [-0.25, -0.2) is 0 Å². The molecule has 2 N–H and O–H groups in total. The van der Waals surface area contributed by atoms with Crippen molar-refractivity contribution in [3.05, 3.63) is 34.3 Å². The molecule has 4 atom stereocenters. The monoisotopic (exact) mass is 340 g/mol. The Morgan fingerprint density at radius 3 is 2.80 bits per heavy atom. The van der Waals surface area contributed by atoms with Crippen LogP contribution in [0.4, 0.5) is 0 Å². The second kappa shape index (κ2) is 7.03. The van der Waals surface area contributed by atoms with Gasteiger partial charge in [0.1, 0.15) is 0 Å². The molecule has 0 saturated carbocycles. The Morgan fingerprint density at radius 1 is 1.45 bits per heavy atom. The second-order valence-corrected chi connectivity index (χ2v) is 6.81. The zero-order chi connectivity index (χ0) is 14.7. The minimum Gasteiger partial charge on any atom is -0.380 e. The molecule has 1 fully saturated rings. The minimum absolute atomic E-state index is 0.0928. The Kier molecular flexibility index (Phi) is 5.61. The van der Waals surface area contributed by atoms with Crippen molar-refractivity contribution in [1.82, 2.24) is 4.90 Å². The van der Waals surface area contributed by atoms with Crippen LogP contribution in [0.2, 0.25) is 0 Å². The van der Waals surface area contributed by atoms with Gasteiger partial charge in [-0.2, -0.15) is 0 Å². The summed E-state index contributed by atoms with van der Waals surface area (Å²) in [6, 6.07) is 8.81. The summed E-state index contributed by atoms with van der Waals surface area (Å²) in [4.78, 5) is 2.47. The molecule has 3 nitrogen and oxygen atoms in total. The van der Waals surface area contributed by atoms with Crippen LogP contribution < -0.4 is 5.73 Å². The Labute approximate surface area is 130 Å². The first kappa shape index (κ1) is 16.0. The van der Waals surface area contributed by atoms with Gasteiger partial charge in [0, 0.05) is 30.2 Å². The third kappa shape index (κ3) is 3.61. The van der Waals surface area contributed by atoms with Crippen LogP contribution in [0.1, 0.15) is 31.9 Å². The molecule has 0 bridgehead atoms. The largest absolute Gasteiger partial charge is 0.380 e. The van der Waals surface area contributed by atoms with E-state index in [9.17, 15) is 0 Å². The molecule has 1 heterocycles. The lowest BCUT2D eigenvalue weighted by Crippen LogP contribution is -2.49. The predicted octanol–water partition coefficient (Wildman–Crippen LogP) is 3.19. The van der Waals surface area contributed by atoms with Crippen molar-refractivity contribution in [2.24, 2.45) is 11.7 Å². The number of methoxy groups -OCH3 is 1. The first-order chi connectivity index (χ1) is 9.52. The van der Waals surface area contributed by atoms with Crippen LogP contribution in [-0.4, -0.2) is 37.2 Å². The molecule has 0 aromatic heterocycles. The van der Waals surface area contributed by atoms with Crippen LogP contribution in [0.25, 0.3) is 0 Å². The number of piperidine rings is 1. The van der Waals surface area contributed by atoms with Gasteiger partial charge >= 0.3 is 0 Å². The first-order valence-electron chi connectivity index (χ1n) is 7.30. The van der Waals surface area contributed by atoms with Gasteiger partial charge in [0.25, 0.3) is 0 Å². The predicted molar refractivity (Wildman–Crippen MR) is 86.7 cm³/mol. The van der Waals surface area contributed by atoms with Crippen LogP contribution in [0.15, 0.2) is 28.7 Å². The van der Waals surface area contributed by atoms with Gasteiger partial charge < -0.3 is 10.5 Å². The Bertz CT molecular complexity index is 438. The summed E-state index contributed by atoms with van der Waals surface area (Å²) in [7, 11) is 1.81. The molecule has 0 radical (unpaired) electrons. The van der Waals surface area contributed by atoms with E-state index in [1.165, 1.54) is 5.56 Å². The van der Waals surface area contributed by atoms with Crippen molar-refractivity contribution in [2.45, 2.75) is 38.5 Å². The van der Waals surface area contributed by atoms with E-state index in [2.05, 4.69) is 58.9 Å². The second-order valence-electron chi connectivity index (χ2n) is 5.89. The molecule has 2 rings (SSSR count). The van der Waals surface area contributed by atoms with Gasteiger partial charge in [0.2, 0.25) is 0 Å². The maximum atomic E-state index is 6.27. The van der Waals surface area contributed by atoms with Gasteiger partial charge in [0.05, 0.1) is 6.10 Å². The molecule has 0 aliphatic carbocycles. The van der Waals surface area contributed by atoms with Crippen LogP contribution in [0.3, 0.4) is 0 Å². The maximum absolute atomic E-state index is 6.27. The highest BCUT2D eigenvalue weighted by molar-refractivity contribution is 9.10. The summed E-state index contributed by atoms with van der Waals surface area (Å²) in [5.74, 6) is 0.618. The van der Waals surface area contributed by atoms with Crippen LogP contribution in [0, 0.1) is 5.92 Å². The highest BCUT2D eigenvalue weighted by Crippen LogP contribution is 2.30. The van der Waals surface area contributed by atoms with Crippen LogP contribution in [-0.2, 0) is 4.74 Å². The minimum atomic E-state index is 0.0928. The SMILES string of the molecule is COC1CN(C(c2cccc(Br)c2)C(C)N)CCC1C. The van der Waals surface area contributed by atoms with E-state index in [0.29, 0.717) is 12.0 Å². The summed E-state index contributed by atoms with van der Waals surface area (Å²) in [6.07, 6.45) is 1.47. The van der Waals surface area contributed by atoms with Crippen molar-refractivity contribution in [3.8, 4) is 0 Å². The molecule has 1 aromatic rings. The molecular formula is C16H25BrN2O. The summed E-state index contributed by atoms with van der Waals surface area (Å²) in [5, 5.41) is 0. The van der Waals surface area contributed by atoms with Gasteiger partial charge in [-0.15, -0.1) is 0 Å². The van der Waals surface area contributed by atoms with E-state index in [4.69, 9.17) is 10.5 Å². The third-order valence-electron chi connectivity index (χ3n) is 4.31. The smallest absolute Gasteiger partial charge is 0.0724 e. The maximum Gasteiger partial charge on any atom is 0.0724 e. The molecule has 112 valence electrons. The lowest BCUT2D eigenvalue weighted by molar-refractivity contribution is -0.0224. The molecule has 4 unspecified atom stereocenters. The highest BCUT2D eigenvalue weighted by atomic mass is 79.9. The van der Waals surface area contributed by atoms with Crippen molar-refractivity contribution in [1.29, 1.82) is 0 Å². The fourth-order valence-corrected chi connectivity index (χ4v) is 3.57. The highest BCUT2D eigenvalue weighted by Gasteiger charge is 2.32. The fraction of sp³-hybridized carbons (Fsp3) is 0.625. The Balaban J connectivity index is 2.21. The zero-order valence-corrected chi connectivity index (χ0v) is 14.1. The number of rotatable bonds is 4. The topological polar surface area (TPSA) is 38.5 Å². The Morgan fingerprint density at radius 2 is 2.20 bits per heavy atom. The van der Waals surface area contributed by atoms with E-state index in [-0.39, 0.29) is 12.1 Å². The number of nitrogens with two attached hydrogens (primary N) is 1. The molecule has 0 spiro atoms. The number of hydrogen-bond donors (Lipinski definition) is 1. The quantitative estimate of drug-likeness (QED) is 0.914. The van der Waals surface area contributed by atoms with E-state index < -0.39 is 0 Å². The lowest BCUT2D eigenvalue weighted by atomic mass is 9.91. The lowest BCUT2D eigenvalue weighted by Gasteiger charge is -2.42. The van der Waals surface area contributed by atoms with Crippen molar-refractivity contribution < 1.29 is 4.74 Å². The number of nitrogens with zero attached hydrogens (tertiary/aromatic N) is 1. The standard InChI is InChI=1S/C16H25BrN2O/c1-11-7-8-19(10-15(11)20-3)16(12(2)18)13-5-4-6-14(17)9-13/h4-6,9,11-12,15-16H,7-8,10,18H2,1-3H3. The molecular weight excluding hydrogens is 316 g/mol. The molecule has 20 heavy (non-hydrogen) atoms. The number of halogens is 1. The van der Waals surface area contributed by atoms with Crippen molar-refractivity contribution >= 4 is 15.9 Å². The average Bonchev–Trinajstić information content (AvgIpc) is 2.40. The van der Waals surface area contributed by atoms with E-state index >= 15 is 0 Å². The summed E-state index contributed by atoms with van der Waals surface area (Å²) in [6.45, 7) is 6.40. The number of ether oxygens (including phenoxy) is 1. The first-order valence-corrected chi connectivity index (χ1v) is 8.10. The fourth-order valence-electron chi connectivity index (χ4n) is 3.15. The zero-order valence-electron chi connectivity index (χ0n) is 12.6. The molecule has 1 aliphatic rings. The van der Waals surface area contributed by atoms with Crippen LogP contribution in [0.5, 0.6) is 0 Å². The normalized spacial score (nSPS) is 27.2. The summed E-state index contributed by atoms with van der Waals surface area (Å²) in [5.41, 5.74) is 7.55. The average molecular weight is 341 g/mol. The van der Waals surface area contributed by atoms with E-state index in [1.807, 2.05) is 7.11 Å². The summed E-state index contributed by atoms with van der Waals surface area (Å²) < 4.78 is 6.74. The van der Waals surface area contributed by atoms with Crippen molar-refractivity contribution in [2.75, 3.05) is 20.2 Å². The summed E-state index contributed by atoms with van der Waals surface area (Å²) >= 11 is 3.55. The molecule has 1 saturated heterocycles. The van der Waals surface area contributed by atoms with Gasteiger partial charge in [-0.05, 0) is 43.5 Å². The van der Waals surface area contributed by atoms with E-state index in [1.54, 1.807) is 0 Å². The third-order valence-corrected chi connectivity index (χ3v) is 4.80. The number of likely N-dealkylation sites (tertiary alicyclic amines) is 1. The van der Waals surface area contributed by atoms with Gasteiger partial charge in [-0.3, -0.25) is 4.90 Å². The van der Waals surface area contributed by atoms with Gasteiger partial charge in [0.15, 0.2) is 0 Å². The molecule has 1 aliphatic heterocycles. The number of benzene rings is 1.